The zero-order valence-corrected chi connectivity index (χ0v) is 12.8. The molecule has 122 valence electrons. The lowest BCUT2D eigenvalue weighted by Gasteiger charge is -2.24. The van der Waals surface area contributed by atoms with E-state index in [-0.39, 0.29) is 24.3 Å². The summed E-state index contributed by atoms with van der Waals surface area (Å²) in [7, 11) is 0. The van der Waals surface area contributed by atoms with Crippen LogP contribution in [0, 0.1) is 5.82 Å². The fourth-order valence-electron chi connectivity index (χ4n) is 3.30. The quantitative estimate of drug-likeness (QED) is 0.761. The van der Waals surface area contributed by atoms with E-state index in [0.717, 1.165) is 16.5 Å². The maximum Gasteiger partial charge on any atom is 0.275 e. The van der Waals surface area contributed by atoms with Crippen molar-refractivity contribution < 1.29 is 14.3 Å². The van der Waals surface area contributed by atoms with E-state index in [0.29, 0.717) is 12.1 Å². The van der Waals surface area contributed by atoms with Crippen LogP contribution in [0.3, 0.4) is 0 Å². The van der Waals surface area contributed by atoms with Gasteiger partial charge in [-0.15, -0.1) is 0 Å². The van der Waals surface area contributed by atoms with Crippen LogP contribution in [0.15, 0.2) is 48.5 Å². The Kier molecular flexibility index (Phi) is 3.54. The van der Waals surface area contributed by atoms with Crippen molar-refractivity contribution in [2.24, 2.45) is 0 Å². The van der Waals surface area contributed by atoms with Crippen molar-refractivity contribution in [1.29, 1.82) is 0 Å². The average molecular weight is 325 g/mol. The van der Waals surface area contributed by atoms with E-state index in [1.807, 2.05) is 24.3 Å². The molecule has 0 bridgehead atoms. The summed E-state index contributed by atoms with van der Waals surface area (Å²) in [4.78, 5) is 14.6. The van der Waals surface area contributed by atoms with Crippen molar-refractivity contribution in [3.05, 3.63) is 65.6 Å². The highest BCUT2D eigenvalue weighted by molar-refractivity contribution is 6.04. The number of aliphatic hydroxyl groups excluding tert-OH is 1. The molecule has 2 N–H and O–H groups in total. The number of carbonyl (C=O) groups is 1. The number of rotatable bonds is 2. The Hall–Kier alpha value is -2.73. The lowest BCUT2D eigenvalue weighted by Crippen LogP contribution is -2.32. The third-order valence-electron chi connectivity index (χ3n) is 4.47. The van der Waals surface area contributed by atoms with E-state index >= 15 is 0 Å². The topological polar surface area (TPSA) is 69.2 Å². The highest BCUT2D eigenvalue weighted by Gasteiger charge is 2.37. The number of nitrogens with one attached hydrogen (secondary N) is 1. The number of likely N-dealkylation sites (tertiary alicyclic amines) is 1. The molecule has 1 amide bonds. The number of aromatic amines is 1. The molecule has 1 aliphatic heterocycles. The van der Waals surface area contributed by atoms with Gasteiger partial charge in [-0.1, -0.05) is 30.3 Å². The first-order chi connectivity index (χ1) is 11.6. The summed E-state index contributed by atoms with van der Waals surface area (Å²) in [6, 6.07) is 13.2. The first-order valence-corrected chi connectivity index (χ1v) is 7.81. The maximum absolute atomic E-state index is 13.2. The first kappa shape index (κ1) is 14.8. The van der Waals surface area contributed by atoms with Gasteiger partial charge >= 0.3 is 0 Å². The number of amides is 1. The van der Waals surface area contributed by atoms with Gasteiger partial charge in [-0.25, -0.2) is 4.39 Å². The second kappa shape index (κ2) is 5.72. The van der Waals surface area contributed by atoms with Crippen molar-refractivity contribution in [1.82, 2.24) is 15.1 Å². The predicted octanol–water partition coefficient (Wildman–Crippen LogP) is 2.65. The summed E-state index contributed by atoms with van der Waals surface area (Å²) in [5.41, 5.74) is 1.94. The first-order valence-electron chi connectivity index (χ1n) is 7.81. The summed E-state index contributed by atoms with van der Waals surface area (Å²) in [6.45, 7) is 0.238. The number of hydrogen-bond acceptors (Lipinski definition) is 3. The standard InChI is InChI=1S/C18H16FN3O2/c19-12-7-5-11(6-8-12)16-9-13(23)10-22(16)18(24)17-14-3-1-2-4-15(14)20-21-17/h1-8,13,16,23H,9-10H2,(H,20,21). The SMILES string of the molecule is O=C(c1n[nH]c2ccccc12)N1CC(O)CC1c1ccc(F)cc1. The van der Waals surface area contributed by atoms with Crippen LogP contribution in [-0.4, -0.2) is 38.8 Å². The zero-order valence-electron chi connectivity index (χ0n) is 12.8. The van der Waals surface area contributed by atoms with Gasteiger partial charge < -0.3 is 10.0 Å². The molecule has 2 unspecified atom stereocenters. The summed E-state index contributed by atoms with van der Waals surface area (Å²) in [5, 5.41) is 17.8. The van der Waals surface area contributed by atoms with E-state index in [2.05, 4.69) is 10.2 Å². The third kappa shape index (κ3) is 2.45. The Morgan fingerprint density at radius 2 is 1.96 bits per heavy atom. The van der Waals surface area contributed by atoms with Crippen molar-refractivity contribution in [2.75, 3.05) is 6.54 Å². The van der Waals surface area contributed by atoms with Gasteiger partial charge in [-0.3, -0.25) is 9.89 Å². The molecule has 3 aromatic rings. The highest BCUT2D eigenvalue weighted by atomic mass is 19.1. The molecule has 1 aromatic heterocycles. The number of H-pyrrole nitrogens is 1. The monoisotopic (exact) mass is 325 g/mol. The van der Waals surface area contributed by atoms with Gasteiger partial charge in [0.05, 0.1) is 17.7 Å². The van der Waals surface area contributed by atoms with E-state index in [9.17, 15) is 14.3 Å². The second-order valence-electron chi connectivity index (χ2n) is 6.03. The molecule has 0 radical (unpaired) electrons. The smallest absolute Gasteiger partial charge is 0.275 e. The zero-order chi connectivity index (χ0) is 16.7. The van der Waals surface area contributed by atoms with Gasteiger partial charge in [0, 0.05) is 11.9 Å². The molecule has 1 aliphatic rings. The number of fused-ring (bicyclic) bond motifs is 1. The maximum atomic E-state index is 13.2. The Morgan fingerprint density at radius 1 is 1.21 bits per heavy atom. The number of β-amino-alcohol motifs (C(OH)–C–C–N with tert-alkyl or cyclic N) is 1. The molecular weight excluding hydrogens is 309 g/mol. The molecule has 0 aliphatic carbocycles. The minimum Gasteiger partial charge on any atom is -0.391 e. The highest BCUT2D eigenvalue weighted by Crippen LogP contribution is 2.34. The fraction of sp³-hybridized carbons (Fsp3) is 0.222. The predicted molar refractivity (Wildman–Crippen MR) is 86.9 cm³/mol. The normalized spacial score (nSPS) is 20.7. The minimum absolute atomic E-state index is 0.238. The van der Waals surface area contributed by atoms with E-state index in [4.69, 9.17) is 0 Å². The van der Waals surface area contributed by atoms with Gasteiger partial charge in [0.15, 0.2) is 5.69 Å². The van der Waals surface area contributed by atoms with Gasteiger partial charge in [-0.05, 0) is 30.2 Å². The summed E-state index contributed by atoms with van der Waals surface area (Å²) >= 11 is 0. The van der Waals surface area contributed by atoms with Crippen LogP contribution >= 0.6 is 0 Å². The van der Waals surface area contributed by atoms with Crippen LogP contribution in [0.25, 0.3) is 10.9 Å². The van der Waals surface area contributed by atoms with Crippen LogP contribution < -0.4 is 0 Å². The van der Waals surface area contributed by atoms with Crippen molar-refractivity contribution in [3.63, 3.8) is 0 Å². The summed E-state index contributed by atoms with van der Waals surface area (Å²) in [5.74, 6) is -0.563. The van der Waals surface area contributed by atoms with E-state index < -0.39 is 6.10 Å². The Morgan fingerprint density at radius 3 is 2.75 bits per heavy atom. The van der Waals surface area contributed by atoms with E-state index in [1.54, 1.807) is 17.0 Å². The number of aromatic nitrogens is 2. The second-order valence-corrected chi connectivity index (χ2v) is 6.03. The molecule has 1 saturated heterocycles. The van der Waals surface area contributed by atoms with Crippen LogP contribution in [0.1, 0.15) is 28.5 Å². The number of benzene rings is 2. The Labute approximate surface area is 137 Å². The van der Waals surface area contributed by atoms with Crippen LogP contribution in [0.5, 0.6) is 0 Å². The summed E-state index contributed by atoms with van der Waals surface area (Å²) in [6.07, 6.45) is -0.172. The van der Waals surface area contributed by atoms with Crippen LogP contribution in [0.4, 0.5) is 4.39 Å². The molecule has 2 atom stereocenters. The fourth-order valence-corrected chi connectivity index (χ4v) is 3.30. The lowest BCUT2D eigenvalue weighted by atomic mass is 10.0. The molecule has 2 aromatic carbocycles. The Bertz CT molecular complexity index is 891. The molecule has 0 saturated carbocycles. The van der Waals surface area contributed by atoms with Crippen LogP contribution in [-0.2, 0) is 0 Å². The molecule has 24 heavy (non-hydrogen) atoms. The molecule has 2 heterocycles. The average Bonchev–Trinajstić information content (AvgIpc) is 3.19. The number of nitrogens with zero attached hydrogens (tertiary/aromatic N) is 2. The van der Waals surface area contributed by atoms with Crippen molar-refractivity contribution in [2.45, 2.75) is 18.6 Å². The third-order valence-corrected chi connectivity index (χ3v) is 4.47. The number of aliphatic hydroxyl groups is 1. The molecule has 5 nitrogen and oxygen atoms in total. The number of carbonyl (C=O) groups excluding carboxylic acids is 1. The Balaban J connectivity index is 1.70. The number of para-hydroxylation sites is 1. The number of hydrogen-bond donors (Lipinski definition) is 2. The lowest BCUT2D eigenvalue weighted by molar-refractivity contribution is 0.0711. The molecule has 6 heteroatoms. The van der Waals surface area contributed by atoms with Crippen molar-refractivity contribution in [3.8, 4) is 0 Å². The van der Waals surface area contributed by atoms with Gasteiger partial charge in [0.2, 0.25) is 0 Å². The van der Waals surface area contributed by atoms with Gasteiger partial charge in [0.25, 0.3) is 5.91 Å². The van der Waals surface area contributed by atoms with Crippen LogP contribution in [0.2, 0.25) is 0 Å². The molecular formula is C18H16FN3O2. The van der Waals surface area contributed by atoms with Crippen molar-refractivity contribution >= 4 is 16.8 Å². The van der Waals surface area contributed by atoms with E-state index in [1.165, 1.54) is 12.1 Å². The molecule has 0 spiro atoms. The summed E-state index contributed by atoms with van der Waals surface area (Å²) < 4.78 is 13.2. The molecule has 1 fully saturated rings. The van der Waals surface area contributed by atoms with Gasteiger partial charge in [-0.2, -0.15) is 5.10 Å². The molecule has 4 rings (SSSR count). The number of halogens is 1. The van der Waals surface area contributed by atoms with Gasteiger partial charge in [0.1, 0.15) is 5.82 Å². The minimum atomic E-state index is -0.603. The largest absolute Gasteiger partial charge is 0.391 e.